The van der Waals surface area contributed by atoms with E-state index in [1.807, 2.05) is 27.7 Å². The highest BCUT2D eigenvalue weighted by molar-refractivity contribution is 14.1. The van der Waals surface area contributed by atoms with Crippen LogP contribution in [0.2, 0.25) is 0 Å². The third-order valence-corrected chi connectivity index (χ3v) is 6.47. The van der Waals surface area contributed by atoms with Crippen LogP contribution in [0.5, 0.6) is 5.75 Å². The third kappa shape index (κ3) is 4.85. The van der Waals surface area contributed by atoms with Crippen LogP contribution in [0.3, 0.4) is 0 Å². The number of benzene rings is 2. The minimum atomic E-state index is -0.653. The fraction of sp³-hybridized carbons (Fsp3) is 0.381. The predicted molar refractivity (Wildman–Crippen MR) is 124 cm³/mol. The molecule has 0 amide bonds. The Morgan fingerprint density at radius 3 is 2.35 bits per heavy atom. The first-order chi connectivity index (χ1) is 14.4. The number of halogens is 1. The Morgan fingerprint density at radius 2 is 1.77 bits per heavy atom. The number of rotatable bonds is 6. The normalized spacial score (nSPS) is 16.8. The summed E-state index contributed by atoms with van der Waals surface area (Å²) in [5.41, 5.74) is 0.592. The lowest BCUT2D eigenvalue weighted by molar-refractivity contribution is -0.385. The van der Waals surface area contributed by atoms with E-state index < -0.39 is 29.2 Å². The van der Waals surface area contributed by atoms with Crippen molar-refractivity contribution < 1.29 is 28.5 Å². The van der Waals surface area contributed by atoms with Crippen LogP contribution in [-0.2, 0) is 20.7 Å². The van der Waals surface area contributed by atoms with Crippen LogP contribution in [0.1, 0.15) is 43.6 Å². The van der Waals surface area contributed by atoms with Gasteiger partial charge in [0.25, 0.3) is 5.69 Å². The summed E-state index contributed by atoms with van der Waals surface area (Å²) in [7, 11) is 0.658. The van der Waals surface area contributed by atoms with E-state index in [4.69, 9.17) is 18.8 Å². The van der Waals surface area contributed by atoms with E-state index in [1.165, 1.54) is 19.2 Å². The van der Waals surface area contributed by atoms with Gasteiger partial charge in [0.2, 0.25) is 0 Å². The Kier molecular flexibility index (Phi) is 6.63. The number of ether oxygens (including phenoxy) is 2. The van der Waals surface area contributed by atoms with Crippen molar-refractivity contribution in [3.63, 3.8) is 0 Å². The summed E-state index contributed by atoms with van der Waals surface area (Å²) >= 11 is 2.05. The molecule has 0 radical (unpaired) electrons. The monoisotopic (exact) mass is 539 g/mol. The van der Waals surface area contributed by atoms with Gasteiger partial charge in [-0.2, -0.15) is 0 Å². The number of carbonyl (C=O) groups excluding carboxylic acids is 1. The van der Waals surface area contributed by atoms with Gasteiger partial charge in [-0.05, 0) is 79.5 Å². The predicted octanol–water partition coefficient (Wildman–Crippen LogP) is 3.86. The highest BCUT2D eigenvalue weighted by Gasteiger charge is 2.52. The number of methoxy groups -OCH3 is 1. The van der Waals surface area contributed by atoms with Crippen LogP contribution >= 0.6 is 22.6 Å². The topological polar surface area (TPSA) is 97.1 Å². The molecule has 1 heterocycles. The lowest BCUT2D eigenvalue weighted by atomic mass is 9.75. The second kappa shape index (κ2) is 8.75. The molecule has 1 saturated heterocycles. The second-order valence-corrected chi connectivity index (χ2v) is 9.32. The van der Waals surface area contributed by atoms with E-state index in [0.717, 1.165) is 3.57 Å². The van der Waals surface area contributed by atoms with Crippen LogP contribution in [0, 0.1) is 13.7 Å². The first kappa shape index (κ1) is 23.5. The summed E-state index contributed by atoms with van der Waals surface area (Å²) in [4.78, 5) is 22.7. The summed E-state index contributed by atoms with van der Waals surface area (Å²) < 4.78 is 23.8. The number of esters is 1. The van der Waals surface area contributed by atoms with Crippen LogP contribution in [0.15, 0.2) is 36.4 Å². The number of nitrogens with zero attached hydrogens (tertiary/aromatic N) is 1. The maximum atomic E-state index is 12.1. The molecule has 3 rings (SSSR count). The molecule has 0 saturated carbocycles. The summed E-state index contributed by atoms with van der Waals surface area (Å²) in [5.74, 6) is -0.107. The maximum Gasteiger partial charge on any atom is 0.495 e. The van der Waals surface area contributed by atoms with E-state index in [9.17, 15) is 14.9 Å². The van der Waals surface area contributed by atoms with Crippen molar-refractivity contribution in [2.75, 3.05) is 7.11 Å². The van der Waals surface area contributed by atoms with E-state index in [-0.39, 0.29) is 12.3 Å². The Bertz CT molecular complexity index is 1010. The van der Waals surface area contributed by atoms with Crippen molar-refractivity contribution in [2.24, 2.45) is 0 Å². The molecule has 1 aliphatic heterocycles. The lowest BCUT2D eigenvalue weighted by Gasteiger charge is -2.32. The minimum Gasteiger partial charge on any atom is -0.488 e. The zero-order valence-electron chi connectivity index (χ0n) is 17.9. The van der Waals surface area contributed by atoms with Crippen molar-refractivity contribution in [2.45, 2.75) is 45.5 Å². The molecule has 8 nitrogen and oxygen atoms in total. The molecule has 0 N–H and O–H groups in total. The van der Waals surface area contributed by atoms with Gasteiger partial charge in [0.1, 0.15) is 12.4 Å². The molecule has 164 valence electrons. The molecule has 31 heavy (non-hydrogen) atoms. The zero-order valence-corrected chi connectivity index (χ0v) is 20.1. The number of hydrogen-bond acceptors (Lipinski definition) is 7. The molecule has 0 spiro atoms. The number of non-ortho nitro benzene ring substituents is 1. The van der Waals surface area contributed by atoms with Crippen molar-refractivity contribution in [1.82, 2.24) is 0 Å². The quantitative estimate of drug-likeness (QED) is 0.181. The van der Waals surface area contributed by atoms with Crippen molar-refractivity contribution in [1.29, 1.82) is 0 Å². The Morgan fingerprint density at radius 1 is 1.13 bits per heavy atom. The van der Waals surface area contributed by atoms with Gasteiger partial charge in [-0.1, -0.05) is 6.07 Å². The van der Waals surface area contributed by atoms with E-state index in [2.05, 4.69) is 22.6 Å². The molecule has 10 heteroatoms. The van der Waals surface area contributed by atoms with Crippen molar-refractivity contribution >= 4 is 46.8 Å². The first-order valence-corrected chi connectivity index (χ1v) is 10.7. The smallest absolute Gasteiger partial charge is 0.488 e. The Balaban J connectivity index is 1.95. The SMILES string of the molecule is COC(=O)c1ccc(B2OC(C)(C)C(C)(C)O2)c(COc2cc([N+](=O)[O-])ccc2I)c1. The highest BCUT2D eigenvalue weighted by Crippen LogP contribution is 2.37. The standard InChI is InChI=1S/C21H23BINO7/c1-20(2)21(3,4)31-22(30-20)16-8-6-13(19(25)28-5)10-14(16)12-29-18-11-15(24(26)27)7-9-17(18)23/h6-11H,12H2,1-5H3. The van der Waals surface area contributed by atoms with Gasteiger partial charge in [0.05, 0.1) is 38.4 Å². The lowest BCUT2D eigenvalue weighted by Crippen LogP contribution is -2.41. The van der Waals surface area contributed by atoms with Crippen LogP contribution in [-0.4, -0.2) is 36.3 Å². The summed E-state index contributed by atoms with van der Waals surface area (Å²) in [6.07, 6.45) is 0. The molecule has 2 aromatic carbocycles. The van der Waals surface area contributed by atoms with Gasteiger partial charge >= 0.3 is 13.1 Å². The van der Waals surface area contributed by atoms with Crippen LogP contribution in [0.25, 0.3) is 0 Å². The maximum absolute atomic E-state index is 12.1. The summed E-state index contributed by atoms with van der Waals surface area (Å²) in [6.45, 7) is 7.88. The minimum absolute atomic E-state index is 0.0570. The van der Waals surface area contributed by atoms with Gasteiger partial charge in [-0.3, -0.25) is 10.1 Å². The summed E-state index contributed by atoms with van der Waals surface area (Å²) in [5, 5.41) is 11.1. The molecular weight excluding hydrogens is 516 g/mol. The average molecular weight is 539 g/mol. The van der Waals surface area contributed by atoms with E-state index in [1.54, 1.807) is 24.3 Å². The van der Waals surface area contributed by atoms with Crippen molar-refractivity contribution in [3.05, 3.63) is 61.2 Å². The van der Waals surface area contributed by atoms with E-state index >= 15 is 0 Å². The van der Waals surface area contributed by atoms with Gasteiger partial charge in [-0.15, -0.1) is 0 Å². The molecule has 1 fully saturated rings. The highest BCUT2D eigenvalue weighted by atomic mass is 127. The van der Waals surface area contributed by atoms with Gasteiger partial charge < -0.3 is 18.8 Å². The number of nitro groups is 1. The van der Waals surface area contributed by atoms with Gasteiger partial charge in [-0.25, -0.2) is 4.79 Å². The molecule has 2 aromatic rings. The fourth-order valence-electron chi connectivity index (χ4n) is 3.05. The second-order valence-electron chi connectivity index (χ2n) is 8.15. The molecule has 0 unspecified atom stereocenters. The Labute approximate surface area is 194 Å². The molecule has 0 aliphatic carbocycles. The number of carbonyl (C=O) groups is 1. The molecule has 0 aromatic heterocycles. The van der Waals surface area contributed by atoms with Crippen LogP contribution < -0.4 is 10.2 Å². The first-order valence-electron chi connectivity index (χ1n) is 9.58. The number of nitro benzene ring substituents is 1. The summed E-state index contributed by atoms with van der Waals surface area (Å²) in [6, 6.07) is 9.48. The molecule has 1 aliphatic rings. The third-order valence-electron chi connectivity index (χ3n) is 5.58. The Hall–Kier alpha value is -2.18. The average Bonchev–Trinajstić information content (AvgIpc) is 2.93. The molecule has 0 atom stereocenters. The molecular formula is C21H23BINO7. The van der Waals surface area contributed by atoms with E-state index in [0.29, 0.717) is 22.3 Å². The van der Waals surface area contributed by atoms with Gasteiger partial charge in [0.15, 0.2) is 0 Å². The van der Waals surface area contributed by atoms with Crippen molar-refractivity contribution in [3.8, 4) is 5.75 Å². The van der Waals surface area contributed by atoms with Crippen LogP contribution in [0.4, 0.5) is 5.69 Å². The fourth-order valence-corrected chi connectivity index (χ4v) is 3.54. The largest absolute Gasteiger partial charge is 0.495 e. The van der Waals surface area contributed by atoms with Gasteiger partial charge in [0, 0.05) is 6.07 Å². The number of hydrogen-bond donors (Lipinski definition) is 0. The molecule has 0 bridgehead atoms. The zero-order chi connectivity index (χ0) is 23.0.